The van der Waals surface area contributed by atoms with Gasteiger partial charge in [-0.3, -0.25) is 0 Å². The minimum absolute atomic E-state index is 0.399. The first kappa shape index (κ1) is 12.2. The molecule has 4 rings (SSSR count). The van der Waals surface area contributed by atoms with Crippen molar-refractivity contribution in [2.75, 3.05) is 20.6 Å². The summed E-state index contributed by atoms with van der Waals surface area (Å²) in [5, 5.41) is 9.33. The average Bonchev–Trinajstić information content (AvgIpc) is 2.25. The largest absolute Gasteiger partial charge is 0.304 e. The van der Waals surface area contributed by atoms with E-state index in [2.05, 4.69) is 17.0 Å². The Morgan fingerprint density at radius 2 is 1.67 bits per heavy atom. The van der Waals surface area contributed by atoms with E-state index in [1.54, 1.807) is 0 Å². The minimum atomic E-state index is 0.399. The summed E-state index contributed by atoms with van der Waals surface area (Å²) in [4.78, 5) is 2.11. The Labute approximate surface area is 111 Å². The molecule has 0 heterocycles. The lowest BCUT2D eigenvalue weighted by molar-refractivity contribution is -0.0241. The van der Waals surface area contributed by atoms with Crippen molar-refractivity contribution in [3.05, 3.63) is 11.6 Å². The maximum atomic E-state index is 9.33. The van der Waals surface area contributed by atoms with Crippen molar-refractivity contribution in [2.45, 2.75) is 38.5 Å². The van der Waals surface area contributed by atoms with Crippen molar-refractivity contribution < 1.29 is 0 Å². The Hall–Kier alpha value is -0.810. The molecule has 98 valence electrons. The molecular formula is C16H24N2. The highest BCUT2D eigenvalue weighted by atomic mass is 15.0. The summed E-state index contributed by atoms with van der Waals surface area (Å²) >= 11 is 0. The van der Waals surface area contributed by atoms with Gasteiger partial charge < -0.3 is 4.90 Å². The molecular weight excluding hydrogens is 220 g/mol. The molecule has 0 aliphatic heterocycles. The molecule has 18 heavy (non-hydrogen) atoms. The van der Waals surface area contributed by atoms with Crippen molar-refractivity contribution in [3.63, 3.8) is 0 Å². The van der Waals surface area contributed by atoms with Gasteiger partial charge >= 0.3 is 0 Å². The van der Waals surface area contributed by atoms with E-state index < -0.39 is 0 Å². The van der Waals surface area contributed by atoms with E-state index in [1.807, 2.05) is 14.1 Å². The van der Waals surface area contributed by atoms with Crippen LogP contribution in [0.25, 0.3) is 0 Å². The molecule has 2 nitrogen and oxygen atoms in total. The van der Waals surface area contributed by atoms with Crippen molar-refractivity contribution in [2.24, 2.45) is 23.2 Å². The molecule has 0 radical (unpaired) electrons. The van der Waals surface area contributed by atoms with E-state index in [9.17, 15) is 5.26 Å². The average molecular weight is 244 g/mol. The van der Waals surface area contributed by atoms with Crippen LogP contribution in [0.1, 0.15) is 38.5 Å². The van der Waals surface area contributed by atoms with Crippen molar-refractivity contribution >= 4 is 0 Å². The van der Waals surface area contributed by atoms with Crippen LogP contribution in [0.4, 0.5) is 0 Å². The number of hydrogen-bond acceptors (Lipinski definition) is 2. The van der Waals surface area contributed by atoms with Crippen molar-refractivity contribution in [1.29, 1.82) is 5.26 Å². The van der Waals surface area contributed by atoms with Crippen LogP contribution in [0.3, 0.4) is 0 Å². The molecule has 0 aromatic carbocycles. The smallest absolute Gasteiger partial charge is 0.0957 e. The third-order valence-corrected chi connectivity index (χ3v) is 5.20. The summed E-state index contributed by atoms with van der Waals surface area (Å²) in [5.41, 5.74) is 1.39. The first-order valence-electron chi connectivity index (χ1n) is 7.35. The summed E-state index contributed by atoms with van der Waals surface area (Å²) in [6, 6.07) is 2.43. The normalized spacial score (nSPS) is 42.3. The maximum absolute atomic E-state index is 9.33. The second-order valence-corrected chi connectivity index (χ2v) is 7.30. The maximum Gasteiger partial charge on any atom is 0.0957 e. The van der Waals surface area contributed by atoms with Gasteiger partial charge in [0.1, 0.15) is 0 Å². The SMILES string of the molecule is CN(C)C/C(C#N)=C\C12CC3CC(CC(C3)C1)C2. The topological polar surface area (TPSA) is 27.0 Å². The Morgan fingerprint density at radius 1 is 1.17 bits per heavy atom. The molecule has 0 unspecified atom stereocenters. The van der Waals surface area contributed by atoms with Crippen molar-refractivity contribution in [1.82, 2.24) is 4.90 Å². The molecule has 0 amide bonds. The monoisotopic (exact) mass is 244 g/mol. The Morgan fingerprint density at radius 3 is 2.06 bits per heavy atom. The van der Waals surface area contributed by atoms with E-state index >= 15 is 0 Å². The molecule has 0 N–H and O–H groups in total. The summed E-state index contributed by atoms with van der Waals surface area (Å²) in [7, 11) is 4.09. The fourth-order valence-electron chi connectivity index (χ4n) is 5.18. The number of nitrogens with zero attached hydrogens (tertiary/aromatic N) is 2. The zero-order chi connectivity index (χ0) is 12.8. The molecule has 0 saturated heterocycles. The molecule has 4 aliphatic rings. The molecule has 0 aromatic rings. The molecule has 4 bridgehead atoms. The van der Waals surface area contributed by atoms with Gasteiger partial charge in [0, 0.05) is 12.1 Å². The zero-order valence-electron chi connectivity index (χ0n) is 11.7. The predicted octanol–water partition coefficient (Wildman–Crippen LogP) is 3.21. The summed E-state index contributed by atoms with van der Waals surface area (Å²) in [6.07, 6.45) is 10.9. The molecule has 4 aliphatic carbocycles. The summed E-state index contributed by atoms with van der Waals surface area (Å²) in [6.45, 7) is 0.804. The van der Waals surface area contributed by atoms with Crippen LogP contribution in [-0.4, -0.2) is 25.5 Å². The number of nitriles is 1. The molecule has 0 aromatic heterocycles. The van der Waals surface area contributed by atoms with E-state index in [4.69, 9.17) is 0 Å². The molecule has 2 heteroatoms. The Bertz CT molecular complexity index is 365. The van der Waals surface area contributed by atoms with Crippen LogP contribution in [0.2, 0.25) is 0 Å². The number of rotatable bonds is 3. The van der Waals surface area contributed by atoms with E-state index in [1.165, 1.54) is 38.5 Å². The van der Waals surface area contributed by atoms with Crippen LogP contribution in [-0.2, 0) is 0 Å². The van der Waals surface area contributed by atoms with Crippen LogP contribution >= 0.6 is 0 Å². The lowest BCUT2D eigenvalue weighted by Crippen LogP contribution is -2.45. The number of likely N-dealkylation sites (N-methyl/N-ethyl adjacent to an activating group) is 1. The van der Waals surface area contributed by atoms with Gasteiger partial charge in [-0.15, -0.1) is 0 Å². The first-order valence-corrected chi connectivity index (χ1v) is 7.35. The summed E-state index contributed by atoms with van der Waals surface area (Å²) in [5.74, 6) is 2.89. The predicted molar refractivity (Wildman–Crippen MR) is 72.9 cm³/mol. The lowest BCUT2D eigenvalue weighted by Gasteiger charge is -2.56. The molecule has 0 spiro atoms. The standard InChI is InChI=1S/C16H24N2/c1-18(2)11-15(10-17)9-16-6-12-3-13(7-16)5-14(4-12)8-16/h9,12-14H,3-8,11H2,1-2H3/b15-9-. The van der Waals surface area contributed by atoms with Gasteiger partial charge in [-0.05, 0) is 75.8 Å². The van der Waals surface area contributed by atoms with Gasteiger partial charge in [0.2, 0.25) is 0 Å². The lowest BCUT2D eigenvalue weighted by atomic mass is 9.49. The Kier molecular flexibility index (Phi) is 2.98. The van der Waals surface area contributed by atoms with Crippen LogP contribution in [0.15, 0.2) is 11.6 Å². The summed E-state index contributed by atoms with van der Waals surface area (Å²) < 4.78 is 0. The van der Waals surface area contributed by atoms with Gasteiger partial charge in [-0.1, -0.05) is 6.08 Å². The highest BCUT2D eigenvalue weighted by molar-refractivity contribution is 5.27. The zero-order valence-corrected chi connectivity index (χ0v) is 11.7. The third-order valence-electron chi connectivity index (χ3n) is 5.20. The third kappa shape index (κ3) is 2.21. The fraction of sp³-hybridized carbons (Fsp3) is 0.812. The second kappa shape index (κ2) is 4.38. The van der Waals surface area contributed by atoms with E-state index in [0.29, 0.717) is 5.41 Å². The van der Waals surface area contributed by atoms with Gasteiger partial charge in [-0.25, -0.2) is 0 Å². The van der Waals surface area contributed by atoms with Crippen LogP contribution in [0, 0.1) is 34.5 Å². The van der Waals surface area contributed by atoms with Gasteiger partial charge in [0.25, 0.3) is 0 Å². The molecule has 4 fully saturated rings. The quantitative estimate of drug-likeness (QED) is 0.713. The highest BCUT2D eigenvalue weighted by Gasteiger charge is 2.49. The first-order chi connectivity index (χ1) is 8.58. The molecule has 0 atom stereocenters. The second-order valence-electron chi connectivity index (χ2n) is 7.30. The number of allylic oxidation sites excluding steroid dienone is 1. The van der Waals surface area contributed by atoms with Crippen molar-refractivity contribution in [3.8, 4) is 6.07 Å². The van der Waals surface area contributed by atoms with E-state index in [-0.39, 0.29) is 0 Å². The fourth-order valence-corrected chi connectivity index (χ4v) is 5.18. The highest BCUT2D eigenvalue weighted by Crippen LogP contribution is 2.60. The van der Waals surface area contributed by atoms with Crippen LogP contribution < -0.4 is 0 Å². The van der Waals surface area contributed by atoms with Gasteiger partial charge in [0.15, 0.2) is 0 Å². The van der Waals surface area contributed by atoms with Gasteiger partial charge in [0.05, 0.1) is 6.07 Å². The van der Waals surface area contributed by atoms with Crippen LogP contribution in [0.5, 0.6) is 0 Å². The van der Waals surface area contributed by atoms with E-state index in [0.717, 1.165) is 29.9 Å². The molecule has 4 saturated carbocycles. The Balaban J connectivity index is 1.83. The number of hydrogen-bond donors (Lipinski definition) is 0. The minimum Gasteiger partial charge on any atom is -0.304 e. The van der Waals surface area contributed by atoms with Gasteiger partial charge in [-0.2, -0.15) is 5.26 Å².